The molecule has 2 heteroatoms. The maximum Gasteiger partial charge on any atom is 0.146 e. The van der Waals surface area contributed by atoms with Crippen molar-refractivity contribution in [2.45, 2.75) is 39.7 Å². The molecule has 0 fully saturated rings. The molecule has 88 valence electrons. The molecule has 1 aromatic rings. The zero-order valence-corrected chi connectivity index (χ0v) is 10.4. The quantitative estimate of drug-likeness (QED) is 0.826. The Bertz CT molecular complexity index is 340. The third kappa shape index (κ3) is 4.15. The molecule has 0 spiro atoms. The summed E-state index contributed by atoms with van der Waals surface area (Å²) >= 11 is 0. The van der Waals surface area contributed by atoms with E-state index in [1.165, 1.54) is 12.5 Å². The van der Waals surface area contributed by atoms with Crippen LogP contribution in [0.1, 0.15) is 31.9 Å². The summed E-state index contributed by atoms with van der Waals surface area (Å²) in [4.78, 5) is 11.0. The predicted molar refractivity (Wildman–Crippen MR) is 67.3 cm³/mol. The molecule has 0 aliphatic rings. The van der Waals surface area contributed by atoms with E-state index in [1.54, 1.807) is 0 Å². The van der Waals surface area contributed by atoms with Gasteiger partial charge in [-0.25, -0.2) is 0 Å². The van der Waals surface area contributed by atoms with Crippen LogP contribution in [-0.2, 0) is 17.6 Å². The lowest BCUT2D eigenvalue weighted by Crippen LogP contribution is -2.30. The van der Waals surface area contributed by atoms with Gasteiger partial charge in [0.15, 0.2) is 0 Å². The fourth-order valence-electron chi connectivity index (χ4n) is 1.68. The van der Waals surface area contributed by atoms with E-state index in [1.807, 2.05) is 0 Å². The summed E-state index contributed by atoms with van der Waals surface area (Å²) in [6, 6.07) is 8.03. The van der Waals surface area contributed by atoms with Crippen molar-refractivity contribution in [1.82, 2.24) is 0 Å². The van der Waals surface area contributed by atoms with Crippen LogP contribution < -0.4 is 5.73 Å². The standard InChI is InChI=1S/C14H21NO/c1-10(2)8-12-4-6-13(7-5-12)9-14(15)11(3)16/h4-7,10,14H,8-9,15H2,1-3H3. The minimum absolute atomic E-state index is 0.0475. The summed E-state index contributed by atoms with van der Waals surface area (Å²) < 4.78 is 0. The SMILES string of the molecule is CC(=O)C(N)Cc1ccc(CC(C)C)cc1. The summed E-state index contributed by atoms with van der Waals surface area (Å²) in [5.41, 5.74) is 8.19. The number of carbonyl (C=O) groups is 1. The molecule has 2 nitrogen and oxygen atoms in total. The van der Waals surface area contributed by atoms with E-state index >= 15 is 0 Å². The molecule has 0 saturated heterocycles. The predicted octanol–water partition coefficient (Wildman–Crippen LogP) is 2.34. The number of benzene rings is 1. The fraction of sp³-hybridized carbons (Fsp3) is 0.500. The van der Waals surface area contributed by atoms with E-state index in [4.69, 9.17) is 5.73 Å². The molecule has 1 rings (SSSR count). The highest BCUT2D eigenvalue weighted by molar-refractivity contribution is 5.81. The van der Waals surface area contributed by atoms with Gasteiger partial charge >= 0.3 is 0 Å². The van der Waals surface area contributed by atoms with Crippen LogP contribution in [0.25, 0.3) is 0 Å². The second-order valence-electron chi connectivity index (χ2n) is 4.84. The molecule has 1 atom stereocenters. The van der Waals surface area contributed by atoms with Crippen LogP contribution in [-0.4, -0.2) is 11.8 Å². The molecule has 1 aromatic carbocycles. The second-order valence-corrected chi connectivity index (χ2v) is 4.84. The topological polar surface area (TPSA) is 43.1 Å². The molecule has 0 heterocycles. The number of hydrogen-bond acceptors (Lipinski definition) is 2. The van der Waals surface area contributed by atoms with Crippen molar-refractivity contribution in [3.63, 3.8) is 0 Å². The third-order valence-electron chi connectivity index (χ3n) is 2.64. The normalized spacial score (nSPS) is 12.8. The van der Waals surface area contributed by atoms with E-state index in [-0.39, 0.29) is 11.8 Å². The van der Waals surface area contributed by atoms with Crippen molar-refractivity contribution in [2.75, 3.05) is 0 Å². The Hall–Kier alpha value is -1.15. The van der Waals surface area contributed by atoms with E-state index < -0.39 is 0 Å². The van der Waals surface area contributed by atoms with Gasteiger partial charge in [-0.2, -0.15) is 0 Å². The van der Waals surface area contributed by atoms with E-state index in [2.05, 4.69) is 38.1 Å². The minimum Gasteiger partial charge on any atom is -0.321 e. The van der Waals surface area contributed by atoms with Gasteiger partial charge in [0.25, 0.3) is 0 Å². The van der Waals surface area contributed by atoms with E-state index in [9.17, 15) is 4.79 Å². The highest BCUT2D eigenvalue weighted by Gasteiger charge is 2.08. The summed E-state index contributed by atoms with van der Waals surface area (Å²) in [6.45, 7) is 5.96. The number of nitrogens with two attached hydrogens (primary N) is 1. The first kappa shape index (κ1) is 12.9. The lowest BCUT2D eigenvalue weighted by molar-refractivity contribution is -0.118. The van der Waals surface area contributed by atoms with Gasteiger partial charge in [0, 0.05) is 0 Å². The highest BCUT2D eigenvalue weighted by Crippen LogP contribution is 2.11. The Balaban J connectivity index is 2.61. The summed E-state index contributed by atoms with van der Waals surface area (Å²) in [5, 5.41) is 0. The molecule has 0 bridgehead atoms. The molecule has 0 radical (unpaired) electrons. The molecule has 0 aliphatic heterocycles. The first-order valence-corrected chi connectivity index (χ1v) is 5.83. The fourth-order valence-corrected chi connectivity index (χ4v) is 1.68. The van der Waals surface area contributed by atoms with Crippen molar-refractivity contribution in [3.8, 4) is 0 Å². The van der Waals surface area contributed by atoms with Crippen LogP contribution >= 0.6 is 0 Å². The Morgan fingerprint density at radius 1 is 1.12 bits per heavy atom. The van der Waals surface area contributed by atoms with Crippen molar-refractivity contribution in [2.24, 2.45) is 11.7 Å². The van der Waals surface area contributed by atoms with Crippen LogP contribution in [0.3, 0.4) is 0 Å². The van der Waals surface area contributed by atoms with E-state index in [0.717, 1.165) is 12.0 Å². The Morgan fingerprint density at radius 2 is 1.56 bits per heavy atom. The van der Waals surface area contributed by atoms with Crippen LogP contribution in [0.2, 0.25) is 0 Å². The third-order valence-corrected chi connectivity index (χ3v) is 2.64. The molecule has 0 aromatic heterocycles. The zero-order valence-electron chi connectivity index (χ0n) is 10.4. The largest absolute Gasteiger partial charge is 0.321 e. The summed E-state index contributed by atoms with van der Waals surface area (Å²) in [5.74, 6) is 0.719. The van der Waals surface area contributed by atoms with Gasteiger partial charge in [-0.15, -0.1) is 0 Å². The van der Waals surface area contributed by atoms with E-state index in [0.29, 0.717) is 12.3 Å². The first-order chi connectivity index (χ1) is 7.49. The molecular weight excluding hydrogens is 198 g/mol. The van der Waals surface area contributed by atoms with Gasteiger partial charge in [-0.05, 0) is 36.8 Å². The molecule has 2 N–H and O–H groups in total. The number of Topliss-reactive ketones (excluding diaryl/α,β-unsaturated/α-hetero) is 1. The minimum atomic E-state index is -0.365. The van der Waals surface area contributed by atoms with Crippen LogP contribution in [0.5, 0.6) is 0 Å². The number of carbonyl (C=O) groups excluding carboxylic acids is 1. The summed E-state index contributed by atoms with van der Waals surface area (Å²) in [7, 11) is 0. The Labute approximate surface area is 97.9 Å². The molecule has 0 amide bonds. The number of ketones is 1. The average Bonchev–Trinajstić information content (AvgIpc) is 2.20. The lowest BCUT2D eigenvalue weighted by atomic mass is 9.99. The molecule has 1 unspecified atom stereocenters. The van der Waals surface area contributed by atoms with Crippen molar-refractivity contribution in [1.29, 1.82) is 0 Å². The smallest absolute Gasteiger partial charge is 0.146 e. The monoisotopic (exact) mass is 219 g/mol. The van der Waals surface area contributed by atoms with Crippen LogP contribution in [0, 0.1) is 5.92 Å². The van der Waals surface area contributed by atoms with Crippen LogP contribution in [0.4, 0.5) is 0 Å². The maximum atomic E-state index is 11.0. The summed E-state index contributed by atoms with van der Waals surface area (Å²) in [6.07, 6.45) is 1.73. The maximum absolute atomic E-state index is 11.0. The Kier molecular flexibility index (Phi) is 4.69. The average molecular weight is 219 g/mol. The van der Waals surface area contributed by atoms with Gasteiger partial charge in [-0.1, -0.05) is 38.1 Å². The van der Waals surface area contributed by atoms with Crippen molar-refractivity contribution in [3.05, 3.63) is 35.4 Å². The first-order valence-electron chi connectivity index (χ1n) is 5.83. The molecular formula is C14H21NO. The van der Waals surface area contributed by atoms with Gasteiger partial charge < -0.3 is 5.73 Å². The van der Waals surface area contributed by atoms with Gasteiger partial charge in [-0.3, -0.25) is 4.79 Å². The molecule has 0 aliphatic carbocycles. The van der Waals surface area contributed by atoms with Gasteiger partial charge in [0.1, 0.15) is 5.78 Å². The number of rotatable bonds is 5. The van der Waals surface area contributed by atoms with Crippen LogP contribution in [0.15, 0.2) is 24.3 Å². The van der Waals surface area contributed by atoms with Gasteiger partial charge in [0.05, 0.1) is 6.04 Å². The van der Waals surface area contributed by atoms with Gasteiger partial charge in [0.2, 0.25) is 0 Å². The second kappa shape index (κ2) is 5.80. The Morgan fingerprint density at radius 3 is 1.94 bits per heavy atom. The zero-order chi connectivity index (χ0) is 12.1. The lowest BCUT2D eigenvalue weighted by Gasteiger charge is -2.09. The number of hydrogen-bond donors (Lipinski definition) is 1. The molecule has 16 heavy (non-hydrogen) atoms. The van der Waals surface area contributed by atoms with Crippen molar-refractivity contribution < 1.29 is 4.79 Å². The highest BCUT2D eigenvalue weighted by atomic mass is 16.1. The van der Waals surface area contributed by atoms with Crippen molar-refractivity contribution >= 4 is 5.78 Å². The molecule has 0 saturated carbocycles.